The van der Waals surface area contributed by atoms with Crippen molar-refractivity contribution in [1.29, 1.82) is 0 Å². The van der Waals surface area contributed by atoms with Crippen molar-refractivity contribution >= 4 is 11.3 Å². The molecule has 4 heteroatoms. The Bertz CT molecular complexity index is 297. The number of aryl methyl sites for hydroxylation is 1. The molecule has 1 unspecified atom stereocenters. The fourth-order valence-electron chi connectivity index (χ4n) is 1.22. The Balaban J connectivity index is 2.31. The second-order valence-corrected chi connectivity index (χ2v) is 5.23. The molecule has 3 nitrogen and oxygen atoms in total. The molecule has 0 spiro atoms. The number of hydrogen-bond acceptors (Lipinski definition) is 4. The quantitative estimate of drug-likeness (QED) is 0.686. The van der Waals surface area contributed by atoms with Crippen molar-refractivity contribution in [2.24, 2.45) is 0 Å². The first-order chi connectivity index (χ1) is 7.07. The van der Waals surface area contributed by atoms with Crippen LogP contribution >= 0.6 is 11.3 Å². The highest BCUT2D eigenvalue weighted by molar-refractivity contribution is 7.11. The largest absolute Gasteiger partial charge is 0.393 e. The molecule has 0 bridgehead atoms. The van der Waals surface area contributed by atoms with E-state index in [4.69, 9.17) is 5.11 Å². The highest BCUT2D eigenvalue weighted by Gasteiger charge is 2.17. The van der Waals surface area contributed by atoms with E-state index in [0.29, 0.717) is 6.54 Å². The maximum absolute atomic E-state index is 9.54. The third kappa shape index (κ3) is 4.30. The standard InChI is InChI=1S/C11H19NO2S/c1-3-9-4-5-10(15-9)6-12-7-11(2,14)8-13/h4-5,12-14H,3,6-8H2,1-2H3. The zero-order valence-electron chi connectivity index (χ0n) is 9.29. The first kappa shape index (κ1) is 12.6. The predicted octanol–water partition coefficient (Wildman–Crippen LogP) is 1.14. The zero-order chi connectivity index (χ0) is 11.3. The summed E-state index contributed by atoms with van der Waals surface area (Å²) in [5.41, 5.74) is -1.02. The Kier molecular flexibility index (Phi) is 4.73. The minimum atomic E-state index is -1.02. The molecular weight excluding hydrogens is 210 g/mol. The van der Waals surface area contributed by atoms with Gasteiger partial charge < -0.3 is 15.5 Å². The highest BCUT2D eigenvalue weighted by atomic mass is 32.1. The first-order valence-corrected chi connectivity index (χ1v) is 6.00. The van der Waals surface area contributed by atoms with Gasteiger partial charge in [0.2, 0.25) is 0 Å². The second kappa shape index (κ2) is 5.61. The number of hydrogen-bond donors (Lipinski definition) is 3. The Morgan fingerprint density at radius 3 is 2.60 bits per heavy atom. The highest BCUT2D eigenvalue weighted by Crippen LogP contribution is 2.16. The van der Waals surface area contributed by atoms with Crippen LogP contribution in [0.4, 0.5) is 0 Å². The summed E-state index contributed by atoms with van der Waals surface area (Å²) in [7, 11) is 0. The zero-order valence-corrected chi connectivity index (χ0v) is 10.1. The third-order valence-corrected chi connectivity index (χ3v) is 3.44. The topological polar surface area (TPSA) is 52.5 Å². The Hall–Kier alpha value is -0.420. The van der Waals surface area contributed by atoms with Crippen molar-refractivity contribution in [2.75, 3.05) is 13.2 Å². The van der Waals surface area contributed by atoms with Gasteiger partial charge in [-0.1, -0.05) is 6.92 Å². The molecule has 0 aliphatic carbocycles. The summed E-state index contributed by atoms with van der Waals surface area (Å²) in [5.74, 6) is 0. The normalized spacial score (nSPS) is 15.2. The lowest BCUT2D eigenvalue weighted by atomic mass is 10.1. The first-order valence-electron chi connectivity index (χ1n) is 5.19. The summed E-state index contributed by atoms with van der Waals surface area (Å²) in [4.78, 5) is 2.64. The molecule has 0 aromatic carbocycles. The summed E-state index contributed by atoms with van der Waals surface area (Å²) >= 11 is 1.78. The van der Waals surface area contributed by atoms with Crippen molar-refractivity contribution in [2.45, 2.75) is 32.4 Å². The van der Waals surface area contributed by atoms with E-state index in [2.05, 4.69) is 24.4 Å². The molecule has 0 aliphatic heterocycles. The molecule has 0 aliphatic rings. The van der Waals surface area contributed by atoms with Crippen LogP contribution in [0.15, 0.2) is 12.1 Å². The van der Waals surface area contributed by atoms with Crippen LogP contribution in [0.1, 0.15) is 23.6 Å². The van der Waals surface area contributed by atoms with Gasteiger partial charge in [-0.05, 0) is 25.5 Å². The summed E-state index contributed by atoms with van der Waals surface area (Å²) in [6, 6.07) is 4.23. The van der Waals surface area contributed by atoms with Gasteiger partial charge in [-0.25, -0.2) is 0 Å². The molecule has 3 N–H and O–H groups in total. The summed E-state index contributed by atoms with van der Waals surface area (Å²) in [6.07, 6.45) is 1.07. The van der Waals surface area contributed by atoms with Gasteiger partial charge in [0, 0.05) is 22.8 Å². The van der Waals surface area contributed by atoms with E-state index in [1.165, 1.54) is 9.75 Å². The van der Waals surface area contributed by atoms with Crippen LogP contribution in [-0.4, -0.2) is 29.0 Å². The van der Waals surface area contributed by atoms with E-state index < -0.39 is 5.60 Å². The van der Waals surface area contributed by atoms with Gasteiger partial charge >= 0.3 is 0 Å². The molecule has 0 radical (unpaired) electrons. The van der Waals surface area contributed by atoms with Crippen LogP contribution in [0.3, 0.4) is 0 Å². The van der Waals surface area contributed by atoms with Gasteiger partial charge in [0.25, 0.3) is 0 Å². The van der Waals surface area contributed by atoms with Crippen LogP contribution in [0.5, 0.6) is 0 Å². The Morgan fingerprint density at radius 2 is 2.07 bits per heavy atom. The molecule has 0 saturated heterocycles. The van der Waals surface area contributed by atoms with E-state index in [0.717, 1.165) is 13.0 Å². The minimum absolute atomic E-state index is 0.218. The summed E-state index contributed by atoms with van der Waals surface area (Å²) in [6.45, 7) is 4.69. The number of nitrogens with one attached hydrogen (secondary N) is 1. The summed E-state index contributed by atoms with van der Waals surface area (Å²) < 4.78 is 0. The lowest BCUT2D eigenvalue weighted by molar-refractivity contribution is 0.00258. The van der Waals surface area contributed by atoms with Crippen molar-refractivity contribution < 1.29 is 10.2 Å². The summed E-state index contributed by atoms with van der Waals surface area (Å²) in [5, 5.41) is 21.5. The monoisotopic (exact) mass is 229 g/mol. The van der Waals surface area contributed by atoms with Crippen LogP contribution in [0.25, 0.3) is 0 Å². The number of thiophene rings is 1. The van der Waals surface area contributed by atoms with Crippen LogP contribution in [-0.2, 0) is 13.0 Å². The van der Waals surface area contributed by atoms with Gasteiger partial charge in [-0.15, -0.1) is 11.3 Å². The average molecular weight is 229 g/mol. The molecule has 0 amide bonds. The number of rotatable bonds is 6. The Labute approximate surface area is 94.8 Å². The molecule has 15 heavy (non-hydrogen) atoms. The molecule has 1 heterocycles. The molecule has 0 fully saturated rings. The maximum Gasteiger partial charge on any atom is 0.0972 e. The Morgan fingerprint density at radius 1 is 1.40 bits per heavy atom. The van der Waals surface area contributed by atoms with Crippen molar-refractivity contribution in [3.63, 3.8) is 0 Å². The van der Waals surface area contributed by atoms with E-state index in [-0.39, 0.29) is 6.61 Å². The van der Waals surface area contributed by atoms with E-state index in [9.17, 15) is 5.11 Å². The van der Waals surface area contributed by atoms with Gasteiger partial charge in [-0.2, -0.15) is 0 Å². The van der Waals surface area contributed by atoms with Crippen LogP contribution in [0.2, 0.25) is 0 Å². The molecule has 1 rings (SSSR count). The fourth-order valence-corrected chi connectivity index (χ4v) is 2.15. The van der Waals surface area contributed by atoms with E-state index in [1.54, 1.807) is 18.3 Å². The lowest BCUT2D eigenvalue weighted by Gasteiger charge is -2.20. The molecule has 1 aromatic heterocycles. The third-order valence-electron chi connectivity index (χ3n) is 2.21. The van der Waals surface area contributed by atoms with Crippen molar-refractivity contribution in [3.8, 4) is 0 Å². The lowest BCUT2D eigenvalue weighted by Crippen LogP contribution is -2.40. The molecule has 1 atom stereocenters. The SMILES string of the molecule is CCc1ccc(CNCC(C)(O)CO)s1. The smallest absolute Gasteiger partial charge is 0.0972 e. The number of aliphatic hydroxyl groups is 2. The molecular formula is C11H19NO2S. The van der Waals surface area contributed by atoms with Crippen molar-refractivity contribution in [1.82, 2.24) is 5.32 Å². The van der Waals surface area contributed by atoms with E-state index >= 15 is 0 Å². The van der Waals surface area contributed by atoms with Crippen molar-refractivity contribution in [3.05, 3.63) is 21.9 Å². The van der Waals surface area contributed by atoms with Gasteiger partial charge in [0.05, 0.1) is 12.2 Å². The number of aliphatic hydroxyl groups excluding tert-OH is 1. The average Bonchev–Trinajstić information content (AvgIpc) is 2.66. The van der Waals surface area contributed by atoms with Crippen LogP contribution < -0.4 is 5.32 Å². The fraction of sp³-hybridized carbons (Fsp3) is 0.636. The molecule has 1 aromatic rings. The van der Waals surface area contributed by atoms with Gasteiger partial charge in [0.1, 0.15) is 0 Å². The second-order valence-electron chi connectivity index (χ2n) is 3.98. The minimum Gasteiger partial charge on any atom is -0.393 e. The van der Waals surface area contributed by atoms with E-state index in [1.807, 2.05) is 0 Å². The van der Waals surface area contributed by atoms with Gasteiger partial charge in [0.15, 0.2) is 0 Å². The van der Waals surface area contributed by atoms with Crippen LogP contribution in [0, 0.1) is 0 Å². The molecule has 86 valence electrons. The molecule has 0 saturated carbocycles. The maximum atomic E-state index is 9.54. The predicted molar refractivity (Wildman–Crippen MR) is 63.1 cm³/mol. The van der Waals surface area contributed by atoms with Gasteiger partial charge in [-0.3, -0.25) is 0 Å².